The number of carbonyl (C=O) groups is 2. The summed E-state index contributed by atoms with van der Waals surface area (Å²) >= 11 is 0. The zero-order valence-electron chi connectivity index (χ0n) is 17.6. The van der Waals surface area contributed by atoms with Crippen molar-refractivity contribution in [3.05, 3.63) is 57.0 Å². The molecule has 0 fully saturated rings. The third-order valence-electron chi connectivity index (χ3n) is 4.46. The molecule has 30 heavy (non-hydrogen) atoms. The second-order valence-corrected chi connectivity index (χ2v) is 7.42. The number of ether oxygens (including phenoxy) is 1. The molecule has 8 heteroatoms. The van der Waals surface area contributed by atoms with Crippen molar-refractivity contribution in [3.8, 4) is 6.07 Å². The predicted octanol–water partition coefficient (Wildman–Crippen LogP) is 3.64. The van der Waals surface area contributed by atoms with E-state index in [1.807, 2.05) is 19.9 Å². The van der Waals surface area contributed by atoms with Crippen molar-refractivity contribution >= 4 is 23.4 Å². The van der Waals surface area contributed by atoms with Gasteiger partial charge in [0.05, 0.1) is 6.61 Å². The lowest BCUT2D eigenvalue weighted by Gasteiger charge is -2.12. The van der Waals surface area contributed by atoms with Crippen LogP contribution in [-0.2, 0) is 16.0 Å². The molecule has 0 aliphatic carbocycles. The number of aromatic amines is 1. The van der Waals surface area contributed by atoms with Gasteiger partial charge in [0.15, 0.2) is 0 Å². The molecule has 1 aromatic carbocycles. The predicted molar refractivity (Wildman–Crippen MR) is 114 cm³/mol. The van der Waals surface area contributed by atoms with E-state index in [4.69, 9.17) is 10.00 Å². The summed E-state index contributed by atoms with van der Waals surface area (Å²) in [7, 11) is 0. The molecule has 0 saturated heterocycles. The van der Waals surface area contributed by atoms with Gasteiger partial charge in [-0.25, -0.2) is 4.79 Å². The van der Waals surface area contributed by atoms with Gasteiger partial charge in [-0.1, -0.05) is 19.9 Å². The first-order valence-electron chi connectivity index (χ1n) is 9.67. The van der Waals surface area contributed by atoms with E-state index in [1.165, 1.54) is 0 Å². The standard InChI is InChI=1S/C22H26N4O4/c1-13(2)12-30-22(29)26-17-7-5-6-16(10-17)25-20(27)9-8-18-14(3)19(11-23)21(28)24-15(18)4/h5-7,10,13H,8-9,12H2,1-4H3,(H,24,28)(H,25,27)(H,26,29). The van der Waals surface area contributed by atoms with Gasteiger partial charge in [-0.15, -0.1) is 0 Å². The van der Waals surface area contributed by atoms with E-state index >= 15 is 0 Å². The number of H-pyrrole nitrogens is 1. The molecule has 2 amide bonds. The summed E-state index contributed by atoms with van der Waals surface area (Å²) in [5, 5.41) is 14.6. The van der Waals surface area contributed by atoms with Crippen LogP contribution in [0.5, 0.6) is 0 Å². The SMILES string of the molecule is Cc1[nH]c(=O)c(C#N)c(C)c1CCC(=O)Nc1cccc(NC(=O)OCC(C)C)c1. The molecule has 1 heterocycles. The molecule has 2 aromatic rings. The number of hydrogen-bond donors (Lipinski definition) is 3. The third-order valence-corrected chi connectivity index (χ3v) is 4.46. The number of benzene rings is 1. The minimum Gasteiger partial charge on any atom is -0.449 e. The van der Waals surface area contributed by atoms with Crippen molar-refractivity contribution in [1.29, 1.82) is 5.26 Å². The van der Waals surface area contributed by atoms with Crippen molar-refractivity contribution < 1.29 is 14.3 Å². The molecular formula is C22H26N4O4. The number of nitriles is 1. The lowest BCUT2D eigenvalue weighted by molar-refractivity contribution is -0.116. The Morgan fingerprint density at radius 2 is 1.87 bits per heavy atom. The minimum atomic E-state index is -0.551. The van der Waals surface area contributed by atoms with E-state index in [0.717, 1.165) is 5.56 Å². The van der Waals surface area contributed by atoms with E-state index in [1.54, 1.807) is 38.1 Å². The van der Waals surface area contributed by atoms with Crippen molar-refractivity contribution in [1.82, 2.24) is 4.98 Å². The summed E-state index contributed by atoms with van der Waals surface area (Å²) in [4.78, 5) is 38.6. The van der Waals surface area contributed by atoms with Crippen LogP contribution in [0.25, 0.3) is 0 Å². The second kappa shape index (κ2) is 10.3. The molecule has 0 bridgehead atoms. The van der Waals surface area contributed by atoms with Crippen LogP contribution in [-0.4, -0.2) is 23.6 Å². The Kier molecular flexibility index (Phi) is 7.76. The summed E-state index contributed by atoms with van der Waals surface area (Å²) in [5.74, 6) is 0.0124. The van der Waals surface area contributed by atoms with Crippen LogP contribution >= 0.6 is 0 Å². The summed E-state index contributed by atoms with van der Waals surface area (Å²) in [6.07, 6.45) is 0.00526. The van der Waals surface area contributed by atoms with E-state index in [0.29, 0.717) is 35.7 Å². The van der Waals surface area contributed by atoms with Crippen LogP contribution in [0.2, 0.25) is 0 Å². The number of hydrogen-bond acceptors (Lipinski definition) is 5. The van der Waals surface area contributed by atoms with Gasteiger partial charge in [0, 0.05) is 23.5 Å². The van der Waals surface area contributed by atoms with E-state index in [-0.39, 0.29) is 23.8 Å². The molecular weight excluding hydrogens is 384 g/mol. The zero-order valence-corrected chi connectivity index (χ0v) is 17.6. The molecule has 3 N–H and O–H groups in total. The Bertz CT molecular complexity index is 1030. The lowest BCUT2D eigenvalue weighted by atomic mass is 9.99. The molecule has 8 nitrogen and oxygen atoms in total. The highest BCUT2D eigenvalue weighted by Gasteiger charge is 2.14. The van der Waals surface area contributed by atoms with Gasteiger partial charge in [-0.05, 0) is 55.5 Å². The van der Waals surface area contributed by atoms with Crippen LogP contribution in [0, 0.1) is 31.1 Å². The maximum absolute atomic E-state index is 12.4. The fraction of sp³-hybridized carbons (Fsp3) is 0.364. The van der Waals surface area contributed by atoms with Crippen LogP contribution in [0.3, 0.4) is 0 Å². The minimum absolute atomic E-state index is 0.0686. The van der Waals surface area contributed by atoms with Crippen LogP contribution < -0.4 is 16.2 Å². The number of anilines is 2. The molecule has 2 rings (SSSR count). The number of amides is 2. The fourth-order valence-corrected chi connectivity index (χ4v) is 2.95. The number of aryl methyl sites for hydroxylation is 1. The Morgan fingerprint density at radius 3 is 2.50 bits per heavy atom. The summed E-state index contributed by atoms with van der Waals surface area (Å²) in [6.45, 7) is 7.67. The molecule has 0 aliphatic rings. The van der Waals surface area contributed by atoms with E-state index in [2.05, 4.69) is 15.6 Å². The molecule has 0 saturated carbocycles. The number of nitrogens with zero attached hydrogens (tertiary/aromatic N) is 1. The normalized spacial score (nSPS) is 10.4. The van der Waals surface area contributed by atoms with Crippen molar-refractivity contribution in [3.63, 3.8) is 0 Å². The largest absolute Gasteiger partial charge is 0.449 e. The molecule has 0 atom stereocenters. The molecule has 0 radical (unpaired) electrons. The Morgan fingerprint density at radius 1 is 1.20 bits per heavy atom. The van der Waals surface area contributed by atoms with Gasteiger partial charge >= 0.3 is 6.09 Å². The third kappa shape index (κ3) is 6.21. The fourth-order valence-electron chi connectivity index (χ4n) is 2.95. The molecule has 0 aliphatic heterocycles. The van der Waals surface area contributed by atoms with Gasteiger partial charge in [0.25, 0.3) is 5.56 Å². The number of carbonyl (C=O) groups excluding carboxylic acids is 2. The van der Waals surface area contributed by atoms with Crippen molar-refractivity contribution in [2.75, 3.05) is 17.2 Å². The maximum Gasteiger partial charge on any atom is 0.411 e. The Labute approximate surface area is 175 Å². The molecule has 158 valence electrons. The van der Waals surface area contributed by atoms with E-state index in [9.17, 15) is 14.4 Å². The van der Waals surface area contributed by atoms with Crippen molar-refractivity contribution in [2.24, 2.45) is 5.92 Å². The quantitative estimate of drug-likeness (QED) is 0.643. The first kappa shape index (κ1) is 22.7. The summed E-state index contributed by atoms with van der Waals surface area (Å²) < 4.78 is 5.08. The van der Waals surface area contributed by atoms with Crippen LogP contribution in [0.1, 0.15) is 42.7 Å². The monoisotopic (exact) mass is 410 g/mol. The number of pyridine rings is 1. The number of nitrogens with one attached hydrogen (secondary N) is 3. The molecule has 0 unspecified atom stereocenters. The first-order valence-corrected chi connectivity index (χ1v) is 9.67. The van der Waals surface area contributed by atoms with Gasteiger partial charge in [0.1, 0.15) is 11.6 Å². The summed E-state index contributed by atoms with van der Waals surface area (Å²) in [5.41, 5.74) is 2.72. The highest BCUT2D eigenvalue weighted by molar-refractivity contribution is 5.92. The lowest BCUT2D eigenvalue weighted by Crippen LogP contribution is -2.19. The number of aromatic nitrogens is 1. The topological polar surface area (TPSA) is 124 Å². The number of rotatable bonds is 7. The zero-order chi connectivity index (χ0) is 22.3. The average molecular weight is 410 g/mol. The molecule has 1 aromatic heterocycles. The van der Waals surface area contributed by atoms with Gasteiger partial charge < -0.3 is 15.0 Å². The highest BCUT2D eigenvalue weighted by Crippen LogP contribution is 2.18. The highest BCUT2D eigenvalue weighted by atomic mass is 16.5. The van der Waals surface area contributed by atoms with Gasteiger partial charge in [-0.3, -0.25) is 14.9 Å². The second-order valence-electron chi connectivity index (χ2n) is 7.42. The Balaban J connectivity index is 1.99. The van der Waals surface area contributed by atoms with Gasteiger partial charge in [-0.2, -0.15) is 5.26 Å². The smallest absolute Gasteiger partial charge is 0.411 e. The summed E-state index contributed by atoms with van der Waals surface area (Å²) in [6, 6.07) is 8.67. The van der Waals surface area contributed by atoms with Crippen LogP contribution in [0.4, 0.5) is 16.2 Å². The van der Waals surface area contributed by atoms with Crippen LogP contribution in [0.15, 0.2) is 29.1 Å². The molecule has 0 spiro atoms. The Hall–Kier alpha value is -3.60. The van der Waals surface area contributed by atoms with Gasteiger partial charge in [0.2, 0.25) is 5.91 Å². The average Bonchev–Trinajstić information content (AvgIpc) is 2.66. The first-order chi connectivity index (χ1) is 14.2. The van der Waals surface area contributed by atoms with Crippen molar-refractivity contribution in [2.45, 2.75) is 40.5 Å². The maximum atomic E-state index is 12.4. The van der Waals surface area contributed by atoms with E-state index < -0.39 is 11.7 Å².